The molecule has 1 amide bonds. The number of methoxy groups -OCH3 is 1. The lowest BCUT2D eigenvalue weighted by Crippen LogP contribution is -2.45. The standard InChI is InChI=1S/C20H22N6O2/c1-28-18-5-3-16(4-6-18)14-24-19(27)17(13-21)15-25-9-11-26(12-10-25)20-22-7-2-8-23-20/h2-8,15H,9-12,14H2,1H3,(H,24,27)/b17-15-. The predicted molar refractivity (Wildman–Crippen MR) is 104 cm³/mol. The number of rotatable bonds is 6. The normalized spacial score (nSPS) is 14.4. The molecule has 2 heterocycles. The van der Waals surface area contributed by atoms with Crippen LogP contribution in [0.2, 0.25) is 0 Å². The maximum Gasteiger partial charge on any atom is 0.263 e. The van der Waals surface area contributed by atoms with Gasteiger partial charge in [0, 0.05) is 51.3 Å². The average Bonchev–Trinajstić information content (AvgIpc) is 2.77. The van der Waals surface area contributed by atoms with Gasteiger partial charge in [-0.15, -0.1) is 0 Å². The van der Waals surface area contributed by atoms with Gasteiger partial charge in [0.25, 0.3) is 5.91 Å². The fourth-order valence-corrected chi connectivity index (χ4v) is 2.85. The average molecular weight is 378 g/mol. The highest BCUT2D eigenvalue weighted by Crippen LogP contribution is 2.12. The maximum atomic E-state index is 12.3. The molecule has 1 aliphatic heterocycles. The van der Waals surface area contributed by atoms with E-state index in [4.69, 9.17) is 4.74 Å². The first kappa shape index (κ1) is 19.2. The Bertz CT molecular complexity index is 853. The van der Waals surface area contributed by atoms with Crippen LogP contribution >= 0.6 is 0 Å². The van der Waals surface area contributed by atoms with Crippen LogP contribution in [0.1, 0.15) is 5.56 Å². The largest absolute Gasteiger partial charge is 0.497 e. The first-order chi connectivity index (χ1) is 13.7. The van der Waals surface area contributed by atoms with Crippen molar-refractivity contribution in [3.05, 3.63) is 60.1 Å². The van der Waals surface area contributed by atoms with Crippen LogP contribution in [-0.2, 0) is 11.3 Å². The third kappa shape index (κ3) is 4.98. The van der Waals surface area contributed by atoms with Crippen molar-refractivity contribution >= 4 is 11.9 Å². The second kappa shape index (κ2) is 9.37. The van der Waals surface area contributed by atoms with Crippen molar-refractivity contribution in [3.63, 3.8) is 0 Å². The van der Waals surface area contributed by atoms with E-state index in [0.29, 0.717) is 25.6 Å². The molecule has 0 unspecified atom stereocenters. The fraction of sp³-hybridized carbons (Fsp3) is 0.300. The first-order valence-electron chi connectivity index (χ1n) is 8.98. The zero-order valence-electron chi connectivity index (χ0n) is 15.7. The van der Waals surface area contributed by atoms with Crippen molar-refractivity contribution in [1.82, 2.24) is 20.2 Å². The SMILES string of the molecule is COc1ccc(CNC(=O)/C(C#N)=C\N2CCN(c3ncccn3)CC2)cc1. The number of nitrogens with one attached hydrogen (secondary N) is 1. The smallest absolute Gasteiger partial charge is 0.263 e. The minimum atomic E-state index is -0.382. The molecule has 0 atom stereocenters. The lowest BCUT2D eigenvalue weighted by atomic mass is 10.2. The van der Waals surface area contributed by atoms with E-state index in [-0.39, 0.29) is 11.5 Å². The minimum absolute atomic E-state index is 0.0953. The number of hydrogen-bond acceptors (Lipinski definition) is 7. The van der Waals surface area contributed by atoms with Crippen LogP contribution in [0.4, 0.5) is 5.95 Å². The molecule has 1 aromatic heterocycles. The Balaban J connectivity index is 1.53. The predicted octanol–water partition coefficient (Wildman–Crippen LogP) is 1.33. The summed E-state index contributed by atoms with van der Waals surface area (Å²) in [6.45, 7) is 3.19. The van der Waals surface area contributed by atoms with Crippen LogP contribution in [0.3, 0.4) is 0 Å². The molecule has 1 aromatic carbocycles. The number of aromatic nitrogens is 2. The van der Waals surface area contributed by atoms with Gasteiger partial charge in [-0.25, -0.2) is 9.97 Å². The van der Waals surface area contributed by atoms with E-state index in [2.05, 4.69) is 20.2 Å². The highest BCUT2D eigenvalue weighted by atomic mass is 16.5. The fourth-order valence-electron chi connectivity index (χ4n) is 2.85. The van der Waals surface area contributed by atoms with Crippen LogP contribution in [0, 0.1) is 11.3 Å². The van der Waals surface area contributed by atoms with E-state index < -0.39 is 0 Å². The van der Waals surface area contributed by atoms with Gasteiger partial charge in [-0.2, -0.15) is 5.26 Å². The number of hydrogen-bond donors (Lipinski definition) is 1. The summed E-state index contributed by atoms with van der Waals surface area (Å²) in [6, 6.07) is 11.2. The molecule has 1 aliphatic rings. The zero-order chi connectivity index (χ0) is 19.8. The maximum absolute atomic E-state index is 12.3. The molecular formula is C20H22N6O2. The number of nitrogens with zero attached hydrogens (tertiary/aromatic N) is 5. The molecule has 144 valence electrons. The summed E-state index contributed by atoms with van der Waals surface area (Å²) in [7, 11) is 1.60. The quantitative estimate of drug-likeness (QED) is 0.599. The molecule has 0 bridgehead atoms. The second-order valence-corrected chi connectivity index (χ2v) is 6.26. The summed E-state index contributed by atoms with van der Waals surface area (Å²) in [4.78, 5) is 24.9. The molecule has 0 saturated carbocycles. The lowest BCUT2D eigenvalue weighted by Gasteiger charge is -2.34. The van der Waals surface area contributed by atoms with Crippen molar-refractivity contribution < 1.29 is 9.53 Å². The van der Waals surface area contributed by atoms with Gasteiger partial charge in [-0.3, -0.25) is 4.79 Å². The number of anilines is 1. The third-order valence-corrected chi connectivity index (χ3v) is 4.44. The third-order valence-electron chi connectivity index (χ3n) is 4.44. The van der Waals surface area contributed by atoms with Crippen LogP contribution in [0.5, 0.6) is 5.75 Å². The molecule has 28 heavy (non-hydrogen) atoms. The number of carbonyl (C=O) groups excluding carboxylic acids is 1. The van der Waals surface area contributed by atoms with Crippen LogP contribution < -0.4 is 15.0 Å². The molecule has 1 fully saturated rings. The molecular weight excluding hydrogens is 356 g/mol. The Morgan fingerprint density at radius 3 is 2.50 bits per heavy atom. The number of piperazine rings is 1. The molecule has 1 N–H and O–H groups in total. The van der Waals surface area contributed by atoms with Gasteiger partial charge >= 0.3 is 0 Å². The highest BCUT2D eigenvalue weighted by molar-refractivity contribution is 5.97. The van der Waals surface area contributed by atoms with Crippen molar-refractivity contribution in [2.75, 3.05) is 38.2 Å². The van der Waals surface area contributed by atoms with Crippen LogP contribution in [0.25, 0.3) is 0 Å². The van der Waals surface area contributed by atoms with Gasteiger partial charge in [-0.1, -0.05) is 12.1 Å². The van der Waals surface area contributed by atoms with Gasteiger partial charge < -0.3 is 19.9 Å². The Morgan fingerprint density at radius 2 is 1.89 bits per heavy atom. The van der Waals surface area contributed by atoms with Gasteiger partial charge in [0.15, 0.2) is 0 Å². The Labute approximate surface area is 164 Å². The monoisotopic (exact) mass is 378 g/mol. The lowest BCUT2D eigenvalue weighted by molar-refractivity contribution is -0.117. The highest BCUT2D eigenvalue weighted by Gasteiger charge is 2.18. The van der Waals surface area contributed by atoms with Gasteiger partial charge in [-0.05, 0) is 23.8 Å². The minimum Gasteiger partial charge on any atom is -0.497 e. The molecule has 0 aliphatic carbocycles. The topological polar surface area (TPSA) is 94.4 Å². The summed E-state index contributed by atoms with van der Waals surface area (Å²) < 4.78 is 5.11. The molecule has 1 saturated heterocycles. The zero-order valence-corrected chi connectivity index (χ0v) is 15.7. The van der Waals surface area contributed by atoms with E-state index in [1.54, 1.807) is 31.8 Å². The summed E-state index contributed by atoms with van der Waals surface area (Å²) in [5.41, 5.74) is 1.03. The molecule has 8 nitrogen and oxygen atoms in total. The first-order valence-corrected chi connectivity index (χ1v) is 8.98. The summed E-state index contributed by atoms with van der Waals surface area (Å²) in [5.74, 6) is 1.07. The van der Waals surface area contributed by atoms with Crippen molar-refractivity contribution in [1.29, 1.82) is 5.26 Å². The van der Waals surface area contributed by atoms with Crippen LogP contribution in [0.15, 0.2) is 54.5 Å². The van der Waals surface area contributed by atoms with Crippen molar-refractivity contribution in [3.8, 4) is 11.8 Å². The summed E-state index contributed by atoms with van der Waals surface area (Å²) >= 11 is 0. The molecule has 2 aromatic rings. The van der Waals surface area contributed by atoms with Crippen LogP contribution in [-0.4, -0.2) is 54.1 Å². The number of ether oxygens (including phenoxy) is 1. The molecule has 0 spiro atoms. The van der Waals surface area contributed by atoms with Gasteiger partial charge in [0.1, 0.15) is 17.4 Å². The van der Waals surface area contributed by atoms with E-state index >= 15 is 0 Å². The van der Waals surface area contributed by atoms with Crippen molar-refractivity contribution in [2.24, 2.45) is 0 Å². The summed E-state index contributed by atoms with van der Waals surface area (Å²) in [6.07, 6.45) is 5.07. The number of amides is 1. The summed E-state index contributed by atoms with van der Waals surface area (Å²) in [5, 5.41) is 12.2. The van der Waals surface area contributed by atoms with E-state index in [0.717, 1.165) is 24.4 Å². The van der Waals surface area contributed by atoms with Gasteiger partial charge in [0.05, 0.1) is 7.11 Å². The molecule has 3 rings (SSSR count). The van der Waals surface area contributed by atoms with Gasteiger partial charge in [0.2, 0.25) is 5.95 Å². The number of benzene rings is 1. The molecule has 8 heteroatoms. The number of nitriles is 1. The van der Waals surface area contributed by atoms with E-state index in [9.17, 15) is 10.1 Å². The Kier molecular flexibility index (Phi) is 6.41. The Morgan fingerprint density at radius 1 is 1.21 bits per heavy atom. The van der Waals surface area contributed by atoms with E-state index in [1.165, 1.54) is 0 Å². The number of carbonyl (C=O) groups is 1. The Hall–Kier alpha value is -3.60. The second-order valence-electron chi connectivity index (χ2n) is 6.26. The van der Waals surface area contributed by atoms with Crippen molar-refractivity contribution in [2.45, 2.75) is 6.54 Å². The molecule has 0 radical (unpaired) electrons. The van der Waals surface area contributed by atoms with E-state index in [1.807, 2.05) is 35.2 Å².